The average Bonchev–Trinajstić information content (AvgIpc) is 2.15. The first kappa shape index (κ1) is 11.6. The van der Waals surface area contributed by atoms with Gasteiger partial charge in [-0.25, -0.2) is 0 Å². The van der Waals surface area contributed by atoms with Crippen LogP contribution < -0.4 is 4.74 Å². The van der Waals surface area contributed by atoms with Crippen molar-refractivity contribution >= 4 is 0 Å². The molecule has 0 bridgehead atoms. The van der Waals surface area contributed by atoms with Gasteiger partial charge in [0.15, 0.2) is 17.6 Å². The molecule has 0 fully saturated rings. The first-order valence-corrected chi connectivity index (χ1v) is 3.98. The Bertz CT molecular complexity index is 349. The summed E-state index contributed by atoms with van der Waals surface area (Å²) in [5, 5.41) is 18.1. The van der Waals surface area contributed by atoms with Crippen molar-refractivity contribution in [3.8, 4) is 11.5 Å². The summed E-state index contributed by atoms with van der Waals surface area (Å²) in [5.74, 6) is -0.397. The summed E-state index contributed by atoms with van der Waals surface area (Å²) >= 11 is 0. The van der Waals surface area contributed by atoms with Crippen molar-refractivity contribution in [3.63, 3.8) is 0 Å². The van der Waals surface area contributed by atoms with E-state index >= 15 is 0 Å². The molecule has 0 aliphatic rings. The molecule has 2 N–H and O–H groups in total. The predicted octanol–water partition coefficient (Wildman–Crippen LogP) is 2.00. The molecule has 0 heterocycles. The lowest BCUT2D eigenvalue weighted by molar-refractivity contribution is -0.206. The molecule has 3 nitrogen and oxygen atoms in total. The average molecular weight is 222 g/mol. The van der Waals surface area contributed by atoms with E-state index in [1.165, 1.54) is 7.11 Å². The number of alkyl halides is 3. The molecule has 0 aliphatic heterocycles. The zero-order chi connectivity index (χ0) is 11.6. The maximum Gasteiger partial charge on any atom is 0.418 e. The third kappa shape index (κ3) is 2.53. The van der Waals surface area contributed by atoms with Crippen molar-refractivity contribution in [1.82, 2.24) is 0 Å². The van der Waals surface area contributed by atoms with Gasteiger partial charge >= 0.3 is 6.18 Å². The number of methoxy groups -OCH3 is 1. The summed E-state index contributed by atoms with van der Waals surface area (Å²) in [6, 6.07) is 3.01. The molecule has 1 aromatic carbocycles. The second-order valence-electron chi connectivity index (χ2n) is 2.88. The minimum absolute atomic E-state index is 0.0492. The van der Waals surface area contributed by atoms with Gasteiger partial charge in [-0.15, -0.1) is 0 Å². The Morgan fingerprint density at radius 1 is 1.33 bits per heavy atom. The van der Waals surface area contributed by atoms with Crippen LogP contribution in [-0.2, 0) is 0 Å². The van der Waals surface area contributed by atoms with Crippen molar-refractivity contribution in [3.05, 3.63) is 23.8 Å². The number of ether oxygens (including phenoxy) is 1. The normalized spacial score (nSPS) is 13.7. The largest absolute Gasteiger partial charge is 0.504 e. The van der Waals surface area contributed by atoms with Gasteiger partial charge in [0, 0.05) is 0 Å². The lowest BCUT2D eigenvalue weighted by Gasteiger charge is -2.15. The minimum Gasteiger partial charge on any atom is -0.504 e. The maximum absolute atomic E-state index is 12.1. The number of phenols is 1. The van der Waals surface area contributed by atoms with Gasteiger partial charge in [0.2, 0.25) is 0 Å². The molecular weight excluding hydrogens is 213 g/mol. The second kappa shape index (κ2) is 3.98. The van der Waals surface area contributed by atoms with E-state index in [-0.39, 0.29) is 5.75 Å². The number of aliphatic hydroxyl groups is 1. The Hall–Kier alpha value is -1.43. The first-order valence-electron chi connectivity index (χ1n) is 3.98. The zero-order valence-electron chi connectivity index (χ0n) is 7.75. The van der Waals surface area contributed by atoms with E-state index in [9.17, 15) is 18.3 Å². The van der Waals surface area contributed by atoms with Gasteiger partial charge in [-0.05, 0) is 17.7 Å². The van der Waals surface area contributed by atoms with Crippen molar-refractivity contribution in [2.75, 3.05) is 7.11 Å². The number of aromatic hydroxyl groups is 1. The Balaban J connectivity index is 3.02. The lowest BCUT2D eigenvalue weighted by Crippen LogP contribution is -2.20. The molecule has 0 saturated carbocycles. The van der Waals surface area contributed by atoms with Gasteiger partial charge in [-0.3, -0.25) is 0 Å². The van der Waals surface area contributed by atoms with Crippen LogP contribution in [0.25, 0.3) is 0 Å². The summed E-state index contributed by atoms with van der Waals surface area (Å²) in [6.45, 7) is 0. The number of halogens is 3. The van der Waals surface area contributed by atoms with Crippen LogP contribution in [0.4, 0.5) is 13.2 Å². The molecule has 6 heteroatoms. The third-order valence-electron chi connectivity index (χ3n) is 1.83. The fraction of sp³-hybridized carbons (Fsp3) is 0.333. The predicted molar refractivity (Wildman–Crippen MR) is 45.7 cm³/mol. The van der Waals surface area contributed by atoms with Crippen molar-refractivity contribution in [2.45, 2.75) is 12.3 Å². The van der Waals surface area contributed by atoms with E-state index in [1.54, 1.807) is 0 Å². The third-order valence-corrected chi connectivity index (χ3v) is 1.83. The van der Waals surface area contributed by atoms with Crippen LogP contribution in [0.3, 0.4) is 0 Å². The molecular formula is C9H9F3O3. The molecule has 1 rings (SSSR count). The lowest BCUT2D eigenvalue weighted by atomic mass is 10.1. The molecule has 15 heavy (non-hydrogen) atoms. The highest BCUT2D eigenvalue weighted by molar-refractivity contribution is 5.42. The fourth-order valence-electron chi connectivity index (χ4n) is 1.07. The number of benzene rings is 1. The van der Waals surface area contributed by atoms with Crippen molar-refractivity contribution in [1.29, 1.82) is 0 Å². The highest BCUT2D eigenvalue weighted by atomic mass is 19.4. The summed E-state index contributed by atoms with van der Waals surface area (Å²) in [7, 11) is 1.27. The van der Waals surface area contributed by atoms with E-state index in [4.69, 9.17) is 5.11 Å². The molecule has 0 spiro atoms. The van der Waals surface area contributed by atoms with E-state index in [2.05, 4.69) is 4.74 Å². The molecule has 0 unspecified atom stereocenters. The highest BCUT2D eigenvalue weighted by Gasteiger charge is 2.39. The monoisotopic (exact) mass is 222 g/mol. The van der Waals surface area contributed by atoms with Crippen LogP contribution in [-0.4, -0.2) is 23.5 Å². The molecule has 0 aliphatic carbocycles. The standard InChI is InChI=1S/C9H9F3O3/c1-15-7-3-2-5(4-6(7)13)8(14)9(10,11)12/h2-4,8,13-14H,1H3/t8-/m0/s1. The van der Waals surface area contributed by atoms with Gasteiger partial charge in [0.1, 0.15) is 0 Å². The minimum atomic E-state index is -4.75. The Morgan fingerprint density at radius 3 is 2.33 bits per heavy atom. The van der Waals surface area contributed by atoms with E-state index in [0.717, 1.165) is 18.2 Å². The molecule has 0 radical (unpaired) electrons. The molecule has 0 amide bonds. The number of aliphatic hydroxyl groups excluding tert-OH is 1. The zero-order valence-corrected chi connectivity index (χ0v) is 7.75. The van der Waals surface area contributed by atoms with E-state index < -0.39 is 23.6 Å². The van der Waals surface area contributed by atoms with Gasteiger partial charge in [0.25, 0.3) is 0 Å². The molecule has 1 aromatic rings. The number of rotatable bonds is 2. The van der Waals surface area contributed by atoms with Crippen LogP contribution in [0.2, 0.25) is 0 Å². The van der Waals surface area contributed by atoms with Crippen molar-refractivity contribution < 1.29 is 28.1 Å². The number of hydrogen-bond donors (Lipinski definition) is 2. The highest BCUT2D eigenvalue weighted by Crippen LogP contribution is 2.36. The SMILES string of the molecule is COc1ccc([C@H](O)C(F)(F)F)cc1O. The molecule has 1 atom stereocenters. The Kier molecular flexibility index (Phi) is 3.09. The quantitative estimate of drug-likeness (QED) is 0.804. The Labute approximate surface area is 83.7 Å². The molecule has 84 valence electrons. The molecule has 0 aromatic heterocycles. The summed E-state index contributed by atoms with van der Waals surface area (Å²) < 4.78 is 40.9. The van der Waals surface area contributed by atoms with Gasteiger partial charge in [-0.1, -0.05) is 6.07 Å². The topological polar surface area (TPSA) is 49.7 Å². The number of phenolic OH excluding ortho intramolecular Hbond substituents is 1. The van der Waals surface area contributed by atoms with Crippen LogP contribution in [0.15, 0.2) is 18.2 Å². The fourth-order valence-corrected chi connectivity index (χ4v) is 1.07. The van der Waals surface area contributed by atoms with E-state index in [0.29, 0.717) is 0 Å². The Morgan fingerprint density at radius 2 is 1.93 bits per heavy atom. The first-order chi connectivity index (χ1) is 6.86. The van der Waals surface area contributed by atoms with E-state index in [1.807, 2.05) is 0 Å². The van der Waals surface area contributed by atoms with Crippen molar-refractivity contribution in [2.24, 2.45) is 0 Å². The van der Waals surface area contributed by atoms with Gasteiger partial charge < -0.3 is 14.9 Å². The van der Waals surface area contributed by atoms with Crippen LogP contribution in [0.1, 0.15) is 11.7 Å². The van der Waals surface area contributed by atoms with Crippen LogP contribution in [0.5, 0.6) is 11.5 Å². The molecule has 0 saturated heterocycles. The second-order valence-corrected chi connectivity index (χ2v) is 2.88. The van der Waals surface area contributed by atoms with Crippen LogP contribution in [0, 0.1) is 0 Å². The number of hydrogen-bond acceptors (Lipinski definition) is 3. The van der Waals surface area contributed by atoms with Gasteiger partial charge in [0.05, 0.1) is 7.11 Å². The summed E-state index contributed by atoms with van der Waals surface area (Å²) in [5.41, 5.74) is -0.430. The van der Waals surface area contributed by atoms with Gasteiger partial charge in [-0.2, -0.15) is 13.2 Å². The van der Waals surface area contributed by atoms with Crippen LogP contribution >= 0.6 is 0 Å². The maximum atomic E-state index is 12.1. The summed E-state index contributed by atoms with van der Waals surface area (Å²) in [4.78, 5) is 0. The smallest absolute Gasteiger partial charge is 0.418 e. The summed E-state index contributed by atoms with van der Waals surface area (Å²) in [6.07, 6.45) is -7.35.